The van der Waals surface area contributed by atoms with Gasteiger partial charge in [0.1, 0.15) is 5.75 Å². The average Bonchev–Trinajstić information content (AvgIpc) is 1.91. The molecule has 1 aromatic rings. The second-order valence-corrected chi connectivity index (χ2v) is 2.92. The zero-order chi connectivity index (χ0) is 9.19. The molecule has 0 aliphatic rings. The number of halogens is 4. The fourth-order valence-electron chi connectivity index (χ4n) is 0.636. The van der Waals surface area contributed by atoms with Gasteiger partial charge >= 0.3 is 6.36 Å². The van der Waals surface area contributed by atoms with Crippen molar-refractivity contribution in [1.29, 1.82) is 0 Å². The van der Waals surface area contributed by atoms with Gasteiger partial charge in [-0.25, -0.2) is 0 Å². The van der Waals surface area contributed by atoms with Crippen molar-refractivity contribution >= 4 is 15.9 Å². The first-order chi connectivity index (χ1) is 5.47. The van der Waals surface area contributed by atoms with Crippen LogP contribution in [0.2, 0.25) is 0 Å². The molecule has 0 aliphatic carbocycles. The Labute approximate surface area is 111 Å². The van der Waals surface area contributed by atoms with Gasteiger partial charge in [0.25, 0.3) is 0 Å². The summed E-state index contributed by atoms with van der Waals surface area (Å²) in [6.45, 7) is 0. The fraction of sp³-hybridized carbons (Fsp3) is 0.143. The normalized spacial score (nSPS) is 10.5. The van der Waals surface area contributed by atoms with Gasteiger partial charge in [-0.3, -0.25) is 0 Å². The number of ether oxygens (including phenoxy) is 1. The number of alkyl halides is 3. The van der Waals surface area contributed by atoms with Crippen LogP contribution in [0.4, 0.5) is 13.2 Å². The van der Waals surface area contributed by atoms with Crippen LogP contribution in [0.3, 0.4) is 0 Å². The minimum atomic E-state index is -4.62. The van der Waals surface area contributed by atoms with Crippen molar-refractivity contribution in [2.24, 2.45) is 0 Å². The molecular weight excluding hydrogens is 277 g/mol. The van der Waals surface area contributed by atoms with Gasteiger partial charge in [0.15, 0.2) is 0 Å². The summed E-state index contributed by atoms with van der Waals surface area (Å²) in [6, 6.07) is 5.41. The third-order valence-corrected chi connectivity index (χ3v) is 1.58. The molecule has 1 rings (SSSR count). The summed E-state index contributed by atoms with van der Waals surface area (Å²) in [7, 11) is 0. The predicted octanol–water partition coefficient (Wildman–Crippen LogP) is 3.35. The van der Waals surface area contributed by atoms with Crippen LogP contribution in [-0.2, 0) is 0 Å². The first-order valence-electron chi connectivity index (χ1n) is 2.99. The molecule has 0 atom stereocenters. The van der Waals surface area contributed by atoms with E-state index in [4.69, 9.17) is 0 Å². The number of hydrogen-bond donors (Lipinski definition) is 0. The summed E-state index contributed by atoms with van der Waals surface area (Å²) >= 11 is 3.09. The molecule has 0 saturated carbocycles. The van der Waals surface area contributed by atoms with E-state index in [2.05, 4.69) is 20.7 Å². The Balaban J connectivity index is 0.00000144. The number of rotatable bonds is 1. The zero-order valence-electron chi connectivity index (χ0n) is 6.08. The Morgan fingerprint density at radius 1 is 1.08 bits per heavy atom. The van der Waals surface area contributed by atoms with E-state index in [9.17, 15) is 13.2 Å². The maximum Gasteiger partial charge on any atom is 0.573 e. The first-order valence-corrected chi connectivity index (χ1v) is 3.78. The van der Waals surface area contributed by atoms with E-state index >= 15 is 0 Å². The Kier molecular flexibility index (Phi) is 5.67. The van der Waals surface area contributed by atoms with Gasteiger partial charge in [0.2, 0.25) is 0 Å². The van der Waals surface area contributed by atoms with Crippen molar-refractivity contribution in [2.45, 2.75) is 6.36 Å². The molecule has 0 heterocycles. The third kappa shape index (κ3) is 5.78. The van der Waals surface area contributed by atoms with Crippen LogP contribution in [0.25, 0.3) is 0 Å². The molecule has 74 valence electrons. The van der Waals surface area contributed by atoms with Crippen molar-refractivity contribution < 1.29 is 55.6 Å². The summed E-state index contributed by atoms with van der Waals surface area (Å²) in [4.78, 5) is 0. The molecular formula is C7H4ArBrF3O. The molecule has 0 N–H and O–H groups in total. The molecule has 0 unspecified atom stereocenters. The van der Waals surface area contributed by atoms with E-state index in [0.29, 0.717) is 4.47 Å². The van der Waals surface area contributed by atoms with Crippen molar-refractivity contribution in [1.82, 2.24) is 0 Å². The van der Waals surface area contributed by atoms with Crippen molar-refractivity contribution in [2.75, 3.05) is 0 Å². The van der Waals surface area contributed by atoms with Crippen LogP contribution in [0.5, 0.6) is 5.75 Å². The van der Waals surface area contributed by atoms with E-state index in [-0.39, 0.29) is 43.5 Å². The molecule has 1 nitrogen and oxygen atoms in total. The van der Waals surface area contributed by atoms with E-state index in [1.54, 1.807) is 0 Å². The standard InChI is InChI=1S/C7H4BrF3O.Ar/c8-5-1-3-6(4-2-5)12-7(9,10)11;/h1-4H;. The monoisotopic (exact) mass is 280 g/mol. The Morgan fingerprint density at radius 2 is 1.54 bits per heavy atom. The SMILES string of the molecule is FC(F)(F)Oc1ccc(Br)cc1.[Ar]. The van der Waals surface area contributed by atoms with Crippen LogP contribution in [-0.4, -0.2) is 6.36 Å². The zero-order valence-corrected chi connectivity index (χ0v) is 8.38. The number of hydrogen-bond acceptors (Lipinski definition) is 1. The van der Waals surface area contributed by atoms with Crippen LogP contribution >= 0.6 is 15.9 Å². The molecule has 0 fully saturated rings. The summed E-state index contributed by atoms with van der Waals surface area (Å²) in [5, 5.41) is 0. The van der Waals surface area contributed by atoms with E-state index < -0.39 is 6.36 Å². The van der Waals surface area contributed by atoms with Gasteiger partial charge in [0, 0.05) is 42.2 Å². The van der Waals surface area contributed by atoms with Gasteiger partial charge in [-0.05, 0) is 24.3 Å². The minimum Gasteiger partial charge on any atom is -0.406 e. The maximum atomic E-state index is 11.6. The summed E-state index contributed by atoms with van der Waals surface area (Å²) in [5.74, 6) is -0.217. The minimum absolute atomic E-state index is 0. The molecule has 0 bridgehead atoms. The topological polar surface area (TPSA) is 9.23 Å². The smallest absolute Gasteiger partial charge is 0.406 e. The molecule has 1 aromatic carbocycles. The molecule has 0 amide bonds. The molecule has 0 saturated heterocycles. The Bertz CT molecular complexity index is 259. The predicted molar refractivity (Wildman–Crippen MR) is 40.8 cm³/mol. The van der Waals surface area contributed by atoms with E-state index in [0.717, 1.165) is 0 Å². The van der Waals surface area contributed by atoms with Crippen molar-refractivity contribution in [3.63, 3.8) is 0 Å². The summed E-state index contributed by atoms with van der Waals surface area (Å²) in [5.41, 5.74) is 0. The number of benzene rings is 1. The van der Waals surface area contributed by atoms with Crippen LogP contribution in [0.1, 0.15) is 0 Å². The van der Waals surface area contributed by atoms with Gasteiger partial charge in [-0.1, -0.05) is 15.9 Å². The molecule has 6 heteroatoms. The average molecular weight is 281 g/mol. The fourth-order valence-corrected chi connectivity index (χ4v) is 0.901. The van der Waals surface area contributed by atoms with Gasteiger partial charge < -0.3 is 4.74 Å². The molecule has 0 aliphatic heterocycles. The second-order valence-electron chi connectivity index (χ2n) is 2.00. The second kappa shape index (κ2) is 5.44. The van der Waals surface area contributed by atoms with E-state index in [1.165, 1.54) is 24.3 Å². The van der Waals surface area contributed by atoms with Crippen molar-refractivity contribution in [3.05, 3.63) is 28.7 Å². The summed E-state index contributed by atoms with van der Waals surface area (Å²) < 4.78 is 39.2. The van der Waals surface area contributed by atoms with Crippen LogP contribution in [0, 0.1) is 37.7 Å². The van der Waals surface area contributed by atoms with Gasteiger partial charge in [0.05, 0.1) is 0 Å². The third-order valence-electron chi connectivity index (χ3n) is 1.05. The Morgan fingerprint density at radius 3 is 1.92 bits per heavy atom. The molecule has 0 spiro atoms. The molecule has 0 radical (unpaired) electrons. The first kappa shape index (κ1) is 13.5. The van der Waals surface area contributed by atoms with Crippen molar-refractivity contribution in [3.8, 4) is 5.75 Å². The van der Waals surface area contributed by atoms with Crippen LogP contribution in [0.15, 0.2) is 28.7 Å². The van der Waals surface area contributed by atoms with Gasteiger partial charge in [-0.2, -0.15) is 0 Å². The maximum absolute atomic E-state index is 11.6. The summed E-state index contributed by atoms with van der Waals surface area (Å²) in [6.07, 6.45) is -4.62. The Hall–Kier alpha value is 0.550. The van der Waals surface area contributed by atoms with E-state index in [1.807, 2.05) is 0 Å². The van der Waals surface area contributed by atoms with Crippen LogP contribution < -0.4 is 4.74 Å². The molecule has 13 heavy (non-hydrogen) atoms. The molecule has 0 aromatic heterocycles. The quantitative estimate of drug-likeness (QED) is 0.767. The largest absolute Gasteiger partial charge is 0.573 e. The van der Waals surface area contributed by atoms with Gasteiger partial charge in [-0.15, -0.1) is 13.2 Å².